The number of halogens is 1. The van der Waals surface area contributed by atoms with E-state index in [1.807, 2.05) is 49.1 Å². The Bertz CT molecular complexity index is 1020. The van der Waals surface area contributed by atoms with Crippen LogP contribution in [0.5, 0.6) is 0 Å². The van der Waals surface area contributed by atoms with E-state index >= 15 is 0 Å². The standard InChI is InChI=1S/C25H31ClN4O4/c1-24(2,17-26)22(32)28-12-10-25(11-13-28)23(33)29(18-30(25)19-7-4-3-5-8-19)16-21(31)27-15-20-9-6-14-34-20/h3-9,14H,10-13,15-18H2,1-2H3,(H,27,31). The van der Waals surface area contributed by atoms with Crippen LogP contribution in [-0.2, 0) is 20.9 Å². The maximum absolute atomic E-state index is 13.7. The first kappa shape index (κ1) is 24.1. The molecule has 3 amide bonds. The average molecular weight is 487 g/mol. The Kier molecular flexibility index (Phi) is 6.89. The predicted molar refractivity (Wildman–Crippen MR) is 129 cm³/mol. The fourth-order valence-electron chi connectivity index (χ4n) is 4.72. The number of furan rings is 1. The van der Waals surface area contributed by atoms with Gasteiger partial charge in [-0.3, -0.25) is 14.4 Å². The first-order chi connectivity index (χ1) is 16.3. The summed E-state index contributed by atoms with van der Waals surface area (Å²) in [6.45, 7) is 5.17. The molecule has 3 heterocycles. The Labute approximate surface area is 204 Å². The minimum absolute atomic E-state index is 0.00298. The minimum Gasteiger partial charge on any atom is -0.467 e. The van der Waals surface area contributed by atoms with E-state index in [0.29, 0.717) is 38.4 Å². The first-order valence-electron chi connectivity index (χ1n) is 11.5. The van der Waals surface area contributed by atoms with Crippen molar-refractivity contribution in [2.45, 2.75) is 38.8 Å². The lowest BCUT2D eigenvalue weighted by Gasteiger charge is -2.44. The van der Waals surface area contributed by atoms with Gasteiger partial charge in [-0.05, 0) is 51.0 Å². The molecule has 1 aromatic heterocycles. The van der Waals surface area contributed by atoms with E-state index in [2.05, 4.69) is 10.2 Å². The lowest BCUT2D eigenvalue weighted by atomic mass is 9.84. The molecule has 0 aliphatic carbocycles. The highest BCUT2D eigenvalue weighted by atomic mass is 35.5. The number of hydrogen-bond donors (Lipinski definition) is 1. The first-order valence-corrected chi connectivity index (χ1v) is 12.1. The van der Waals surface area contributed by atoms with E-state index in [9.17, 15) is 14.4 Å². The Morgan fingerprint density at radius 3 is 2.44 bits per heavy atom. The van der Waals surface area contributed by atoms with Gasteiger partial charge in [0.25, 0.3) is 5.91 Å². The molecule has 1 spiro atoms. The van der Waals surface area contributed by atoms with Gasteiger partial charge in [-0.2, -0.15) is 0 Å². The van der Waals surface area contributed by atoms with Gasteiger partial charge in [0.05, 0.1) is 24.9 Å². The van der Waals surface area contributed by atoms with Crippen LogP contribution in [0.3, 0.4) is 0 Å². The third kappa shape index (κ3) is 4.64. The molecule has 0 saturated carbocycles. The molecule has 0 bridgehead atoms. The predicted octanol–water partition coefficient (Wildman–Crippen LogP) is 2.83. The molecule has 2 aliphatic heterocycles. The molecule has 1 N–H and O–H groups in total. The summed E-state index contributed by atoms with van der Waals surface area (Å²) in [5, 5.41) is 2.81. The van der Waals surface area contributed by atoms with Crippen molar-refractivity contribution in [1.82, 2.24) is 15.1 Å². The quantitative estimate of drug-likeness (QED) is 0.608. The maximum atomic E-state index is 13.7. The van der Waals surface area contributed by atoms with Crippen LogP contribution in [-0.4, -0.2) is 65.2 Å². The highest BCUT2D eigenvalue weighted by Gasteiger charge is 2.54. The minimum atomic E-state index is -0.787. The number of nitrogens with one attached hydrogen (secondary N) is 1. The molecule has 0 radical (unpaired) electrons. The fourth-order valence-corrected chi connectivity index (χ4v) is 4.83. The number of carbonyl (C=O) groups excluding carboxylic acids is 3. The van der Waals surface area contributed by atoms with Crippen LogP contribution < -0.4 is 10.2 Å². The van der Waals surface area contributed by atoms with Crippen molar-refractivity contribution in [2.75, 3.05) is 37.1 Å². The molecule has 2 aromatic rings. The number of hydrogen-bond acceptors (Lipinski definition) is 5. The lowest BCUT2D eigenvalue weighted by molar-refractivity contribution is -0.144. The number of para-hydroxylation sites is 1. The zero-order chi connectivity index (χ0) is 24.3. The summed E-state index contributed by atoms with van der Waals surface area (Å²) in [7, 11) is 0. The van der Waals surface area contributed by atoms with Gasteiger partial charge in [0.15, 0.2) is 0 Å². The number of carbonyl (C=O) groups is 3. The molecule has 2 fully saturated rings. The number of anilines is 1. The van der Waals surface area contributed by atoms with Crippen molar-refractivity contribution >= 4 is 35.0 Å². The molecular formula is C25H31ClN4O4. The van der Waals surface area contributed by atoms with Gasteiger partial charge in [0.1, 0.15) is 17.8 Å². The SMILES string of the molecule is CC(C)(CCl)C(=O)N1CCC2(CC1)C(=O)N(CC(=O)NCc1ccco1)CN2c1ccccc1. The number of amides is 3. The lowest BCUT2D eigenvalue weighted by Crippen LogP contribution is -2.58. The largest absolute Gasteiger partial charge is 0.467 e. The van der Waals surface area contributed by atoms with Crippen molar-refractivity contribution in [3.05, 3.63) is 54.5 Å². The number of rotatable bonds is 7. The zero-order valence-electron chi connectivity index (χ0n) is 19.6. The number of nitrogens with zero attached hydrogens (tertiary/aromatic N) is 3. The number of benzene rings is 1. The second-order valence-electron chi connectivity index (χ2n) is 9.61. The molecule has 182 valence electrons. The van der Waals surface area contributed by atoms with E-state index in [4.69, 9.17) is 16.0 Å². The highest BCUT2D eigenvalue weighted by Crippen LogP contribution is 2.40. The topological polar surface area (TPSA) is 86.1 Å². The summed E-state index contributed by atoms with van der Waals surface area (Å²) in [5.41, 5.74) is -0.511. The second kappa shape index (κ2) is 9.70. The van der Waals surface area contributed by atoms with Crippen LogP contribution in [0.4, 0.5) is 5.69 Å². The van der Waals surface area contributed by atoms with Gasteiger partial charge in [-0.1, -0.05) is 18.2 Å². The maximum Gasteiger partial charge on any atom is 0.250 e. The Hall–Kier alpha value is -3.00. The molecule has 4 rings (SSSR count). The monoisotopic (exact) mass is 486 g/mol. The van der Waals surface area contributed by atoms with Crippen LogP contribution in [0, 0.1) is 5.41 Å². The summed E-state index contributed by atoms with van der Waals surface area (Å²) in [6, 6.07) is 13.3. The summed E-state index contributed by atoms with van der Waals surface area (Å²) in [4.78, 5) is 44.8. The summed E-state index contributed by atoms with van der Waals surface area (Å²) >= 11 is 6.02. The molecule has 0 atom stereocenters. The fraction of sp³-hybridized carbons (Fsp3) is 0.480. The van der Waals surface area contributed by atoms with Gasteiger partial charge >= 0.3 is 0 Å². The van der Waals surface area contributed by atoms with Crippen LogP contribution >= 0.6 is 11.6 Å². The third-order valence-corrected chi connectivity index (χ3v) is 7.42. The number of piperidine rings is 1. The zero-order valence-corrected chi connectivity index (χ0v) is 20.4. The summed E-state index contributed by atoms with van der Waals surface area (Å²) in [5.74, 6) is 0.576. The smallest absolute Gasteiger partial charge is 0.250 e. The van der Waals surface area contributed by atoms with Crippen LogP contribution in [0.25, 0.3) is 0 Å². The van der Waals surface area contributed by atoms with E-state index in [1.54, 1.807) is 23.3 Å². The van der Waals surface area contributed by atoms with Crippen molar-refractivity contribution in [1.29, 1.82) is 0 Å². The Morgan fingerprint density at radius 1 is 1.12 bits per heavy atom. The van der Waals surface area contributed by atoms with Gasteiger partial charge in [0.2, 0.25) is 11.8 Å². The van der Waals surface area contributed by atoms with Crippen molar-refractivity contribution in [3.63, 3.8) is 0 Å². The van der Waals surface area contributed by atoms with Crippen LogP contribution in [0.2, 0.25) is 0 Å². The molecule has 2 saturated heterocycles. The van der Waals surface area contributed by atoms with Crippen molar-refractivity contribution in [2.24, 2.45) is 5.41 Å². The molecular weight excluding hydrogens is 456 g/mol. The highest BCUT2D eigenvalue weighted by molar-refractivity contribution is 6.19. The number of likely N-dealkylation sites (tertiary alicyclic amines) is 1. The summed E-state index contributed by atoms with van der Waals surface area (Å²) in [6.07, 6.45) is 2.54. The normalized spacial score (nSPS) is 18.0. The van der Waals surface area contributed by atoms with Crippen LogP contribution in [0.15, 0.2) is 53.1 Å². The van der Waals surface area contributed by atoms with E-state index in [-0.39, 0.29) is 36.7 Å². The third-order valence-electron chi connectivity index (χ3n) is 6.75. The average Bonchev–Trinajstić information content (AvgIpc) is 3.46. The number of alkyl halides is 1. The van der Waals surface area contributed by atoms with E-state index in [1.165, 1.54) is 0 Å². The molecule has 34 heavy (non-hydrogen) atoms. The molecule has 2 aliphatic rings. The van der Waals surface area contributed by atoms with Crippen LogP contribution in [0.1, 0.15) is 32.4 Å². The van der Waals surface area contributed by atoms with Gasteiger partial charge < -0.3 is 24.4 Å². The molecule has 9 heteroatoms. The molecule has 0 unspecified atom stereocenters. The van der Waals surface area contributed by atoms with Gasteiger partial charge in [0, 0.05) is 24.7 Å². The second-order valence-corrected chi connectivity index (χ2v) is 9.87. The van der Waals surface area contributed by atoms with E-state index in [0.717, 1.165) is 5.69 Å². The molecule has 1 aromatic carbocycles. The van der Waals surface area contributed by atoms with Crippen molar-refractivity contribution < 1.29 is 18.8 Å². The molecule has 8 nitrogen and oxygen atoms in total. The summed E-state index contributed by atoms with van der Waals surface area (Å²) < 4.78 is 5.26. The van der Waals surface area contributed by atoms with Crippen molar-refractivity contribution in [3.8, 4) is 0 Å². The Morgan fingerprint density at radius 2 is 1.82 bits per heavy atom. The Balaban J connectivity index is 1.50. The van der Waals surface area contributed by atoms with Gasteiger partial charge in [-0.25, -0.2) is 0 Å². The van der Waals surface area contributed by atoms with E-state index < -0.39 is 11.0 Å². The van der Waals surface area contributed by atoms with Gasteiger partial charge in [-0.15, -0.1) is 11.6 Å².